The lowest BCUT2D eigenvalue weighted by molar-refractivity contribution is -0.151. The molecule has 0 fully saturated rings. The summed E-state index contributed by atoms with van der Waals surface area (Å²) in [6, 6.07) is 0. The maximum Gasteiger partial charge on any atom is 0.306 e. The number of carbonyl (C=O) groups is 2. The highest BCUT2D eigenvalue weighted by Gasteiger charge is 2.17. The Hall–Kier alpha value is -1.58. The van der Waals surface area contributed by atoms with E-state index in [-0.39, 0.29) is 24.1 Å². The van der Waals surface area contributed by atoms with Gasteiger partial charge in [0.15, 0.2) is 0 Å². The van der Waals surface area contributed by atoms with E-state index in [2.05, 4.69) is 52.0 Å². The van der Waals surface area contributed by atoms with E-state index in [9.17, 15) is 9.59 Å². The molecule has 0 spiro atoms. The Morgan fingerprint density at radius 3 is 0.895 bits per heavy atom. The molecule has 336 valence electrons. The Morgan fingerprint density at radius 2 is 0.579 bits per heavy atom. The van der Waals surface area contributed by atoms with Gasteiger partial charge in [-0.15, -0.1) is 0 Å². The summed E-state index contributed by atoms with van der Waals surface area (Å²) in [6.45, 7) is 9.06. The van der Waals surface area contributed by atoms with Crippen LogP contribution in [0.5, 0.6) is 0 Å². The van der Waals surface area contributed by atoms with Crippen LogP contribution in [-0.4, -0.2) is 24.1 Å². The van der Waals surface area contributed by atoms with Crippen molar-refractivity contribution in [1.82, 2.24) is 0 Å². The Bertz CT molecular complexity index is 808. The number of unbranched alkanes of at least 4 members (excludes halogenated alkanes) is 28. The molecule has 57 heavy (non-hydrogen) atoms. The SMILES string of the molecule is CCCCC/C=C\CCC(CCCCCCCCCCCCCC)OC(=O)CCCC(=O)OC(CC/C=C\CCCCC)CCCCCCCCCCCCCC. The van der Waals surface area contributed by atoms with Crippen molar-refractivity contribution < 1.29 is 19.1 Å². The second-order valence-corrected chi connectivity index (χ2v) is 17.5. The molecule has 0 aromatic rings. The molecule has 2 unspecified atom stereocenters. The standard InChI is InChI=1S/C53H100O4/c1-5-9-13-17-21-23-25-27-29-33-37-41-46-50(44-39-35-31-19-15-11-7-3)56-52(54)48-43-49-53(55)57-51(45-40-36-32-20-16-12-8-4)47-42-38-34-30-28-26-24-22-18-14-10-6-2/h31-32,35-36,50-51H,5-30,33-34,37-49H2,1-4H3/b35-31-,36-32-. The molecule has 2 atom stereocenters. The molecule has 4 nitrogen and oxygen atoms in total. The van der Waals surface area contributed by atoms with Crippen LogP contribution in [0.2, 0.25) is 0 Å². The van der Waals surface area contributed by atoms with Gasteiger partial charge >= 0.3 is 11.9 Å². The number of hydrogen-bond donors (Lipinski definition) is 0. The van der Waals surface area contributed by atoms with E-state index in [1.165, 1.54) is 180 Å². The molecule has 0 aliphatic carbocycles. The fourth-order valence-electron chi connectivity index (χ4n) is 7.88. The molecule has 0 amide bonds. The predicted octanol–water partition coefficient (Wildman–Crippen LogP) is 18.0. The van der Waals surface area contributed by atoms with Crippen molar-refractivity contribution in [2.45, 2.75) is 303 Å². The summed E-state index contributed by atoms with van der Waals surface area (Å²) in [5.74, 6) is -0.306. The third-order valence-corrected chi connectivity index (χ3v) is 11.7. The van der Waals surface area contributed by atoms with Gasteiger partial charge in [-0.3, -0.25) is 9.59 Å². The zero-order chi connectivity index (χ0) is 41.5. The van der Waals surface area contributed by atoms with Crippen LogP contribution >= 0.6 is 0 Å². The van der Waals surface area contributed by atoms with Gasteiger partial charge in [0.05, 0.1) is 0 Å². The number of ether oxygens (including phenoxy) is 2. The van der Waals surface area contributed by atoms with Gasteiger partial charge in [-0.05, 0) is 83.5 Å². The van der Waals surface area contributed by atoms with Crippen LogP contribution in [0.1, 0.15) is 291 Å². The summed E-state index contributed by atoms with van der Waals surface area (Å²) in [6.07, 6.45) is 57.7. The monoisotopic (exact) mass is 801 g/mol. The maximum absolute atomic E-state index is 13.0. The normalized spacial score (nSPS) is 12.8. The quantitative estimate of drug-likeness (QED) is 0.0350. The van der Waals surface area contributed by atoms with Crippen LogP contribution in [-0.2, 0) is 19.1 Å². The lowest BCUT2D eigenvalue weighted by Gasteiger charge is -2.18. The first-order chi connectivity index (χ1) is 28.1. The van der Waals surface area contributed by atoms with Crippen molar-refractivity contribution in [3.8, 4) is 0 Å². The van der Waals surface area contributed by atoms with Gasteiger partial charge in [-0.1, -0.05) is 219 Å². The van der Waals surface area contributed by atoms with Crippen molar-refractivity contribution in [3.05, 3.63) is 24.3 Å². The lowest BCUT2D eigenvalue weighted by atomic mass is 10.0. The highest BCUT2D eigenvalue weighted by Crippen LogP contribution is 2.20. The molecular weight excluding hydrogens is 701 g/mol. The van der Waals surface area contributed by atoms with Crippen molar-refractivity contribution in [3.63, 3.8) is 0 Å². The summed E-state index contributed by atoms with van der Waals surface area (Å²) in [4.78, 5) is 26.0. The third kappa shape index (κ3) is 43.8. The van der Waals surface area contributed by atoms with Crippen LogP contribution in [0, 0.1) is 0 Å². The summed E-state index contributed by atoms with van der Waals surface area (Å²) >= 11 is 0. The van der Waals surface area contributed by atoms with Gasteiger partial charge in [0, 0.05) is 12.8 Å². The first-order valence-electron chi connectivity index (χ1n) is 25.8. The molecular formula is C53H100O4. The van der Waals surface area contributed by atoms with Crippen LogP contribution in [0.4, 0.5) is 0 Å². The van der Waals surface area contributed by atoms with E-state index in [0.717, 1.165) is 64.2 Å². The first kappa shape index (κ1) is 55.4. The van der Waals surface area contributed by atoms with E-state index >= 15 is 0 Å². The Labute approximate surface area is 357 Å². The number of rotatable bonds is 46. The van der Waals surface area contributed by atoms with Gasteiger partial charge in [0.2, 0.25) is 0 Å². The third-order valence-electron chi connectivity index (χ3n) is 11.7. The summed E-state index contributed by atoms with van der Waals surface area (Å²) < 4.78 is 12.1. The molecule has 0 aliphatic heterocycles. The van der Waals surface area contributed by atoms with Gasteiger partial charge in [-0.2, -0.15) is 0 Å². The van der Waals surface area contributed by atoms with E-state index in [1.54, 1.807) is 0 Å². The number of esters is 2. The molecule has 0 aliphatic rings. The minimum atomic E-state index is -0.153. The molecule has 0 aromatic carbocycles. The first-order valence-corrected chi connectivity index (χ1v) is 25.8. The smallest absolute Gasteiger partial charge is 0.306 e. The lowest BCUT2D eigenvalue weighted by Crippen LogP contribution is -2.20. The second kappa shape index (κ2) is 47.1. The highest BCUT2D eigenvalue weighted by molar-refractivity contribution is 5.72. The van der Waals surface area contributed by atoms with Gasteiger partial charge < -0.3 is 9.47 Å². The minimum absolute atomic E-state index is 0.0252. The van der Waals surface area contributed by atoms with Crippen molar-refractivity contribution in [2.75, 3.05) is 0 Å². The number of hydrogen-bond acceptors (Lipinski definition) is 4. The Balaban J connectivity index is 4.65. The predicted molar refractivity (Wildman–Crippen MR) is 250 cm³/mol. The molecule has 0 N–H and O–H groups in total. The van der Waals surface area contributed by atoms with E-state index < -0.39 is 0 Å². The largest absolute Gasteiger partial charge is 0.462 e. The fourth-order valence-corrected chi connectivity index (χ4v) is 7.88. The van der Waals surface area contributed by atoms with Crippen LogP contribution < -0.4 is 0 Å². The second-order valence-electron chi connectivity index (χ2n) is 17.5. The zero-order valence-electron chi connectivity index (χ0n) is 39.1. The van der Waals surface area contributed by atoms with Crippen LogP contribution in [0.3, 0.4) is 0 Å². The zero-order valence-corrected chi connectivity index (χ0v) is 39.1. The van der Waals surface area contributed by atoms with Crippen molar-refractivity contribution >= 4 is 11.9 Å². The van der Waals surface area contributed by atoms with Gasteiger partial charge in [-0.25, -0.2) is 0 Å². The molecule has 0 bridgehead atoms. The molecule has 0 heterocycles. The molecule has 4 heteroatoms. The Morgan fingerprint density at radius 1 is 0.316 bits per heavy atom. The molecule has 0 aromatic heterocycles. The van der Waals surface area contributed by atoms with Crippen LogP contribution in [0.25, 0.3) is 0 Å². The average molecular weight is 801 g/mol. The number of carbonyl (C=O) groups excluding carboxylic acids is 2. The van der Waals surface area contributed by atoms with E-state index in [0.29, 0.717) is 19.3 Å². The summed E-state index contributed by atoms with van der Waals surface area (Å²) in [7, 11) is 0. The molecule has 0 rings (SSSR count). The van der Waals surface area contributed by atoms with E-state index in [4.69, 9.17) is 9.47 Å². The number of allylic oxidation sites excluding steroid dienone is 4. The summed E-state index contributed by atoms with van der Waals surface area (Å²) in [5.41, 5.74) is 0. The topological polar surface area (TPSA) is 52.6 Å². The minimum Gasteiger partial charge on any atom is -0.462 e. The Kier molecular flexibility index (Phi) is 45.8. The average Bonchev–Trinajstić information content (AvgIpc) is 3.20. The molecule has 0 saturated heterocycles. The molecule has 0 radical (unpaired) electrons. The van der Waals surface area contributed by atoms with Crippen LogP contribution in [0.15, 0.2) is 24.3 Å². The van der Waals surface area contributed by atoms with Crippen molar-refractivity contribution in [2.24, 2.45) is 0 Å². The summed E-state index contributed by atoms with van der Waals surface area (Å²) in [5, 5.41) is 0. The van der Waals surface area contributed by atoms with Crippen molar-refractivity contribution in [1.29, 1.82) is 0 Å². The maximum atomic E-state index is 13.0. The molecule has 0 saturated carbocycles. The highest BCUT2D eigenvalue weighted by atomic mass is 16.5. The van der Waals surface area contributed by atoms with E-state index in [1.807, 2.05) is 0 Å². The fraction of sp³-hybridized carbons (Fsp3) is 0.887. The van der Waals surface area contributed by atoms with Gasteiger partial charge in [0.1, 0.15) is 12.2 Å². The van der Waals surface area contributed by atoms with Gasteiger partial charge in [0.25, 0.3) is 0 Å².